The third-order valence-electron chi connectivity index (χ3n) is 2.81. The lowest BCUT2D eigenvalue weighted by Crippen LogP contribution is -2.22. The van der Waals surface area contributed by atoms with Crippen LogP contribution < -0.4 is 0 Å². The number of aryl methyl sites for hydroxylation is 1. The normalized spacial score (nSPS) is 11.1. The molecule has 0 radical (unpaired) electrons. The van der Waals surface area contributed by atoms with E-state index >= 15 is 0 Å². The number of hydrogen-bond donors (Lipinski definition) is 1. The van der Waals surface area contributed by atoms with Gasteiger partial charge in [-0.2, -0.15) is 0 Å². The Morgan fingerprint density at radius 3 is 2.67 bits per heavy atom. The first-order chi connectivity index (χ1) is 8.70. The average molecular weight is 246 g/mol. The van der Waals surface area contributed by atoms with Gasteiger partial charge in [0.15, 0.2) is 0 Å². The van der Waals surface area contributed by atoms with Gasteiger partial charge in [-0.25, -0.2) is 4.98 Å². The van der Waals surface area contributed by atoms with E-state index in [1.54, 1.807) is 0 Å². The van der Waals surface area contributed by atoms with Crippen molar-refractivity contribution >= 4 is 0 Å². The molecule has 18 heavy (non-hydrogen) atoms. The summed E-state index contributed by atoms with van der Waals surface area (Å²) in [5.41, 5.74) is 1.90. The molecule has 0 unspecified atom stereocenters. The summed E-state index contributed by atoms with van der Waals surface area (Å²) in [5.74, 6) is 1.49. The van der Waals surface area contributed by atoms with Gasteiger partial charge in [0.05, 0.1) is 12.3 Å². The maximum Gasteiger partial charge on any atom is 0.226 e. The van der Waals surface area contributed by atoms with Crippen molar-refractivity contribution in [3.05, 3.63) is 41.8 Å². The van der Waals surface area contributed by atoms with Crippen molar-refractivity contribution in [1.29, 1.82) is 0 Å². The van der Waals surface area contributed by atoms with Gasteiger partial charge in [-0.05, 0) is 26.1 Å². The largest absolute Gasteiger partial charge is 0.441 e. The van der Waals surface area contributed by atoms with Gasteiger partial charge in [-0.1, -0.05) is 18.2 Å². The van der Waals surface area contributed by atoms with E-state index in [0.29, 0.717) is 19.0 Å². The average Bonchev–Trinajstić information content (AvgIpc) is 2.72. The molecule has 0 atom stereocenters. The predicted octanol–water partition coefficient (Wildman–Crippen LogP) is 2.07. The third kappa shape index (κ3) is 2.97. The van der Waals surface area contributed by atoms with E-state index in [0.717, 1.165) is 17.0 Å². The molecule has 96 valence electrons. The van der Waals surface area contributed by atoms with E-state index in [1.165, 1.54) is 0 Å². The highest BCUT2D eigenvalue weighted by molar-refractivity contribution is 5.53. The van der Waals surface area contributed by atoms with Gasteiger partial charge in [-0.3, -0.25) is 4.90 Å². The number of aliphatic hydroxyl groups excluding tert-OH is 1. The maximum absolute atomic E-state index is 8.88. The fourth-order valence-corrected chi connectivity index (χ4v) is 1.78. The van der Waals surface area contributed by atoms with Crippen LogP contribution in [0, 0.1) is 6.92 Å². The highest BCUT2D eigenvalue weighted by Crippen LogP contribution is 2.21. The number of aromatic nitrogens is 1. The molecular formula is C14H18N2O2. The van der Waals surface area contributed by atoms with Crippen LogP contribution in [0.3, 0.4) is 0 Å². The summed E-state index contributed by atoms with van der Waals surface area (Å²) in [5, 5.41) is 8.88. The Morgan fingerprint density at radius 1 is 1.28 bits per heavy atom. The van der Waals surface area contributed by atoms with Crippen LogP contribution in [0.1, 0.15) is 11.5 Å². The van der Waals surface area contributed by atoms with Gasteiger partial charge in [0, 0.05) is 18.7 Å². The predicted molar refractivity (Wildman–Crippen MR) is 70.1 cm³/mol. The number of benzene rings is 1. The molecule has 0 fully saturated rings. The van der Waals surface area contributed by atoms with Gasteiger partial charge >= 0.3 is 0 Å². The summed E-state index contributed by atoms with van der Waals surface area (Å²) in [6.07, 6.45) is 0. The lowest BCUT2D eigenvalue weighted by Gasteiger charge is -2.12. The molecule has 4 heteroatoms. The highest BCUT2D eigenvalue weighted by atomic mass is 16.4. The van der Waals surface area contributed by atoms with Gasteiger partial charge in [0.1, 0.15) is 5.76 Å². The molecule has 1 aromatic carbocycles. The van der Waals surface area contributed by atoms with Crippen LogP contribution in [0.25, 0.3) is 11.5 Å². The van der Waals surface area contributed by atoms with Gasteiger partial charge in [-0.15, -0.1) is 0 Å². The van der Waals surface area contributed by atoms with E-state index in [9.17, 15) is 0 Å². The van der Waals surface area contributed by atoms with Crippen LogP contribution in [0.5, 0.6) is 0 Å². The Labute approximate surface area is 107 Å². The molecular weight excluding hydrogens is 228 g/mol. The van der Waals surface area contributed by atoms with Crippen molar-refractivity contribution in [2.75, 3.05) is 20.2 Å². The monoisotopic (exact) mass is 246 g/mol. The number of aliphatic hydroxyl groups is 1. The first-order valence-electron chi connectivity index (χ1n) is 6.02. The molecule has 4 nitrogen and oxygen atoms in total. The molecule has 0 bridgehead atoms. The molecule has 0 amide bonds. The van der Waals surface area contributed by atoms with Crippen molar-refractivity contribution in [1.82, 2.24) is 9.88 Å². The minimum atomic E-state index is 0.152. The smallest absolute Gasteiger partial charge is 0.226 e. The molecule has 1 heterocycles. The fraction of sp³-hybridized carbons (Fsp3) is 0.357. The highest BCUT2D eigenvalue weighted by Gasteiger charge is 2.12. The standard InChI is InChI=1S/C14H18N2O2/c1-11-13(10-16(2)8-9-17)15-14(18-11)12-6-4-3-5-7-12/h3-7,17H,8-10H2,1-2H3. The van der Waals surface area contributed by atoms with Crippen molar-refractivity contribution in [3.63, 3.8) is 0 Å². The van der Waals surface area contributed by atoms with Crippen molar-refractivity contribution in [3.8, 4) is 11.5 Å². The number of likely N-dealkylation sites (N-methyl/N-ethyl adjacent to an activating group) is 1. The Kier molecular flexibility index (Phi) is 4.12. The third-order valence-corrected chi connectivity index (χ3v) is 2.81. The van der Waals surface area contributed by atoms with Crippen LogP contribution in [0.2, 0.25) is 0 Å². The molecule has 2 rings (SSSR count). The summed E-state index contributed by atoms with van der Waals surface area (Å²) in [6.45, 7) is 3.39. The quantitative estimate of drug-likeness (QED) is 0.877. The van der Waals surface area contributed by atoms with Crippen LogP contribution in [0.15, 0.2) is 34.7 Å². The Balaban J connectivity index is 2.17. The Morgan fingerprint density at radius 2 is 2.00 bits per heavy atom. The molecule has 1 N–H and O–H groups in total. The lowest BCUT2D eigenvalue weighted by atomic mass is 10.2. The van der Waals surface area contributed by atoms with Gasteiger partial charge in [0.25, 0.3) is 0 Å². The molecule has 1 aromatic heterocycles. The van der Waals surface area contributed by atoms with E-state index in [2.05, 4.69) is 4.98 Å². The summed E-state index contributed by atoms with van der Waals surface area (Å²) in [6, 6.07) is 9.85. The number of oxazole rings is 1. The molecule has 0 aliphatic rings. The summed E-state index contributed by atoms with van der Waals surface area (Å²) < 4.78 is 5.68. The second kappa shape index (κ2) is 5.80. The zero-order valence-electron chi connectivity index (χ0n) is 10.8. The van der Waals surface area contributed by atoms with E-state index in [-0.39, 0.29) is 6.61 Å². The number of rotatable bonds is 5. The Bertz CT molecular complexity index is 494. The molecule has 0 aliphatic carbocycles. The van der Waals surface area contributed by atoms with Crippen molar-refractivity contribution in [2.45, 2.75) is 13.5 Å². The maximum atomic E-state index is 8.88. The Hall–Kier alpha value is -1.65. The second-order valence-corrected chi connectivity index (χ2v) is 4.35. The van der Waals surface area contributed by atoms with Crippen molar-refractivity contribution < 1.29 is 9.52 Å². The molecule has 0 aliphatic heterocycles. The topological polar surface area (TPSA) is 49.5 Å². The van der Waals surface area contributed by atoms with E-state index in [4.69, 9.17) is 9.52 Å². The molecule has 0 spiro atoms. The van der Waals surface area contributed by atoms with Crippen LogP contribution in [-0.2, 0) is 6.54 Å². The van der Waals surface area contributed by atoms with Gasteiger partial charge in [0.2, 0.25) is 5.89 Å². The minimum absolute atomic E-state index is 0.152. The van der Waals surface area contributed by atoms with Crippen LogP contribution in [-0.4, -0.2) is 35.2 Å². The first kappa shape index (κ1) is 12.8. The SMILES string of the molecule is Cc1oc(-c2ccccc2)nc1CN(C)CCO. The van der Waals surface area contributed by atoms with E-state index in [1.807, 2.05) is 49.2 Å². The summed E-state index contributed by atoms with van der Waals surface area (Å²) >= 11 is 0. The lowest BCUT2D eigenvalue weighted by molar-refractivity contribution is 0.215. The minimum Gasteiger partial charge on any atom is -0.441 e. The van der Waals surface area contributed by atoms with Crippen LogP contribution >= 0.6 is 0 Å². The van der Waals surface area contributed by atoms with Crippen LogP contribution in [0.4, 0.5) is 0 Å². The number of nitrogens with zero attached hydrogens (tertiary/aromatic N) is 2. The summed E-state index contributed by atoms with van der Waals surface area (Å²) in [4.78, 5) is 6.53. The second-order valence-electron chi connectivity index (χ2n) is 4.35. The summed E-state index contributed by atoms with van der Waals surface area (Å²) in [7, 11) is 1.95. The molecule has 0 saturated heterocycles. The van der Waals surface area contributed by atoms with E-state index < -0.39 is 0 Å². The van der Waals surface area contributed by atoms with Crippen molar-refractivity contribution in [2.24, 2.45) is 0 Å². The first-order valence-corrected chi connectivity index (χ1v) is 6.02. The molecule has 0 saturated carbocycles. The zero-order chi connectivity index (χ0) is 13.0. The zero-order valence-corrected chi connectivity index (χ0v) is 10.8. The van der Waals surface area contributed by atoms with Gasteiger partial charge < -0.3 is 9.52 Å². The molecule has 2 aromatic rings. The fourth-order valence-electron chi connectivity index (χ4n) is 1.78. The number of hydrogen-bond acceptors (Lipinski definition) is 4.